The Morgan fingerprint density at radius 3 is 2.27 bits per heavy atom. The van der Waals surface area contributed by atoms with Crippen LogP contribution in [0.25, 0.3) is 0 Å². The minimum Gasteiger partial charge on any atom is -0.481 e. The van der Waals surface area contributed by atoms with Gasteiger partial charge in [-0.2, -0.15) is 0 Å². The first-order chi connectivity index (χ1) is 12.3. The number of carboxylic acid groups (broad SMARTS) is 1. The summed E-state index contributed by atoms with van der Waals surface area (Å²) < 4.78 is 26.5. The van der Waals surface area contributed by atoms with E-state index in [1.165, 1.54) is 11.0 Å². The molecule has 0 unspecified atom stereocenters. The summed E-state index contributed by atoms with van der Waals surface area (Å²) in [5, 5.41) is 8.92. The fourth-order valence-electron chi connectivity index (χ4n) is 2.77. The molecule has 6 heteroatoms. The summed E-state index contributed by atoms with van der Waals surface area (Å²) >= 11 is 0. The molecule has 0 aliphatic heterocycles. The minimum absolute atomic E-state index is 0.00189. The van der Waals surface area contributed by atoms with Crippen molar-refractivity contribution in [3.8, 4) is 0 Å². The van der Waals surface area contributed by atoms with Crippen LogP contribution in [0.15, 0.2) is 36.4 Å². The van der Waals surface area contributed by atoms with Crippen molar-refractivity contribution < 1.29 is 23.5 Å². The first-order valence-electron chi connectivity index (χ1n) is 8.26. The molecule has 0 bridgehead atoms. The monoisotopic (exact) mass is 361 g/mol. The van der Waals surface area contributed by atoms with Crippen molar-refractivity contribution in [1.82, 2.24) is 4.90 Å². The van der Waals surface area contributed by atoms with Crippen molar-refractivity contribution >= 4 is 11.9 Å². The Morgan fingerprint density at radius 1 is 1.04 bits per heavy atom. The lowest BCUT2D eigenvalue weighted by molar-refractivity contribution is -0.138. The molecule has 2 aromatic carbocycles. The lowest BCUT2D eigenvalue weighted by Gasteiger charge is -2.23. The first-order valence-corrected chi connectivity index (χ1v) is 8.26. The highest BCUT2D eigenvalue weighted by Gasteiger charge is 2.18. The Bertz CT molecular complexity index is 800. The normalized spacial score (nSPS) is 10.6. The summed E-state index contributed by atoms with van der Waals surface area (Å²) in [5.74, 6) is -3.25. The van der Waals surface area contributed by atoms with E-state index in [1.54, 1.807) is 0 Å². The number of nitrogens with zero attached hydrogens (tertiary/aromatic N) is 1. The summed E-state index contributed by atoms with van der Waals surface area (Å²) in [6, 6.07) is 9.13. The molecule has 0 fully saturated rings. The fourth-order valence-corrected chi connectivity index (χ4v) is 2.77. The van der Waals surface area contributed by atoms with Gasteiger partial charge in [0.25, 0.3) is 0 Å². The predicted octanol–water partition coefficient (Wildman–Crippen LogP) is 3.63. The maximum atomic E-state index is 13.4. The van der Waals surface area contributed by atoms with Crippen LogP contribution in [0.5, 0.6) is 0 Å². The number of carboxylic acids is 1. The van der Waals surface area contributed by atoms with Gasteiger partial charge < -0.3 is 10.0 Å². The third-order valence-electron chi connectivity index (χ3n) is 4.28. The van der Waals surface area contributed by atoms with E-state index in [0.29, 0.717) is 5.56 Å². The number of halogens is 2. The zero-order valence-electron chi connectivity index (χ0n) is 14.8. The third kappa shape index (κ3) is 5.12. The van der Waals surface area contributed by atoms with E-state index in [1.807, 2.05) is 32.0 Å². The molecular weight excluding hydrogens is 340 g/mol. The Balaban J connectivity index is 2.21. The topological polar surface area (TPSA) is 57.6 Å². The van der Waals surface area contributed by atoms with Crippen LogP contribution in [0.4, 0.5) is 8.78 Å². The highest BCUT2D eigenvalue weighted by Crippen LogP contribution is 2.17. The zero-order chi connectivity index (χ0) is 19.3. The molecule has 0 saturated carbocycles. The van der Waals surface area contributed by atoms with Gasteiger partial charge >= 0.3 is 5.97 Å². The molecule has 2 aromatic rings. The highest BCUT2D eigenvalue weighted by atomic mass is 19.2. The molecular formula is C20H21F2NO3. The van der Waals surface area contributed by atoms with Gasteiger partial charge in [0.2, 0.25) is 5.91 Å². The van der Waals surface area contributed by atoms with Crippen molar-refractivity contribution in [1.29, 1.82) is 0 Å². The summed E-state index contributed by atoms with van der Waals surface area (Å²) in [5.41, 5.74) is 3.25. The largest absolute Gasteiger partial charge is 0.481 e. The number of carbonyl (C=O) groups excluding carboxylic acids is 1. The molecule has 0 spiro atoms. The Labute approximate surface area is 151 Å². The Morgan fingerprint density at radius 2 is 1.69 bits per heavy atom. The first kappa shape index (κ1) is 19.6. The molecule has 2 rings (SSSR count). The number of aliphatic carboxylic acids is 1. The van der Waals surface area contributed by atoms with Crippen molar-refractivity contribution in [2.24, 2.45) is 0 Å². The average Bonchev–Trinajstić information content (AvgIpc) is 2.57. The van der Waals surface area contributed by atoms with Crippen LogP contribution in [0, 0.1) is 25.5 Å². The molecule has 0 saturated heterocycles. The average molecular weight is 361 g/mol. The third-order valence-corrected chi connectivity index (χ3v) is 4.28. The minimum atomic E-state index is -1.03. The molecule has 4 nitrogen and oxygen atoms in total. The van der Waals surface area contributed by atoms with Crippen molar-refractivity contribution in [2.75, 3.05) is 6.54 Å². The van der Waals surface area contributed by atoms with Crippen LogP contribution in [0.1, 0.15) is 28.7 Å². The zero-order valence-corrected chi connectivity index (χ0v) is 14.8. The highest BCUT2D eigenvalue weighted by molar-refractivity contribution is 5.80. The fraction of sp³-hybridized carbons (Fsp3) is 0.300. The maximum absolute atomic E-state index is 13.4. The molecule has 138 valence electrons. The molecule has 0 heterocycles. The number of carbonyl (C=O) groups is 2. The number of hydrogen-bond acceptors (Lipinski definition) is 2. The van der Waals surface area contributed by atoms with E-state index < -0.39 is 17.6 Å². The van der Waals surface area contributed by atoms with Gasteiger partial charge in [-0.25, -0.2) is 8.78 Å². The van der Waals surface area contributed by atoms with E-state index in [9.17, 15) is 18.4 Å². The number of amides is 1. The summed E-state index contributed by atoms with van der Waals surface area (Å²) in [4.78, 5) is 25.0. The summed E-state index contributed by atoms with van der Waals surface area (Å²) in [6.07, 6.45) is -0.0933. The second kappa shape index (κ2) is 8.56. The second-order valence-electron chi connectivity index (χ2n) is 6.25. The van der Waals surface area contributed by atoms with Crippen molar-refractivity contribution in [3.63, 3.8) is 0 Å². The quantitative estimate of drug-likeness (QED) is 0.819. The van der Waals surface area contributed by atoms with Gasteiger partial charge in [0.05, 0.1) is 12.8 Å². The molecule has 1 N–H and O–H groups in total. The summed E-state index contributed by atoms with van der Waals surface area (Å²) in [7, 11) is 0. The number of rotatable bonds is 7. The predicted molar refractivity (Wildman–Crippen MR) is 93.6 cm³/mol. The molecule has 0 aliphatic rings. The van der Waals surface area contributed by atoms with E-state index in [0.717, 1.165) is 28.8 Å². The number of benzene rings is 2. The van der Waals surface area contributed by atoms with Gasteiger partial charge in [-0.3, -0.25) is 9.59 Å². The Kier molecular flexibility index (Phi) is 6.44. The van der Waals surface area contributed by atoms with Crippen LogP contribution < -0.4 is 0 Å². The molecule has 0 atom stereocenters. The van der Waals surface area contributed by atoms with Crippen molar-refractivity contribution in [2.45, 2.75) is 33.2 Å². The van der Waals surface area contributed by atoms with Gasteiger partial charge in [0.15, 0.2) is 11.6 Å². The van der Waals surface area contributed by atoms with E-state index in [4.69, 9.17) is 5.11 Å². The van der Waals surface area contributed by atoms with Crippen LogP contribution in [0.3, 0.4) is 0 Å². The van der Waals surface area contributed by atoms with Crippen LogP contribution >= 0.6 is 0 Å². The van der Waals surface area contributed by atoms with Gasteiger partial charge in [0.1, 0.15) is 0 Å². The molecule has 26 heavy (non-hydrogen) atoms. The van der Waals surface area contributed by atoms with Crippen molar-refractivity contribution in [3.05, 3.63) is 70.3 Å². The van der Waals surface area contributed by atoms with Gasteiger partial charge in [-0.05, 0) is 48.2 Å². The van der Waals surface area contributed by atoms with Crippen LogP contribution in [0.2, 0.25) is 0 Å². The summed E-state index contributed by atoms with van der Waals surface area (Å²) in [6.45, 7) is 3.84. The molecule has 0 radical (unpaired) electrons. The van der Waals surface area contributed by atoms with E-state index >= 15 is 0 Å². The number of aryl methyl sites for hydroxylation is 2. The lowest BCUT2D eigenvalue weighted by Crippen LogP contribution is -2.34. The smallest absolute Gasteiger partial charge is 0.305 e. The second-order valence-corrected chi connectivity index (χ2v) is 6.25. The van der Waals surface area contributed by atoms with E-state index in [2.05, 4.69) is 0 Å². The SMILES string of the molecule is Cc1cccc(C)c1CC(=O)N(CCC(=O)O)Cc1ccc(F)c(F)c1. The number of hydrogen-bond donors (Lipinski definition) is 1. The Hall–Kier alpha value is -2.76. The lowest BCUT2D eigenvalue weighted by atomic mass is 9.99. The van der Waals surface area contributed by atoms with Gasteiger partial charge in [-0.15, -0.1) is 0 Å². The van der Waals surface area contributed by atoms with Gasteiger partial charge in [0, 0.05) is 13.1 Å². The van der Waals surface area contributed by atoms with Gasteiger partial charge in [-0.1, -0.05) is 24.3 Å². The van der Waals surface area contributed by atoms with Crippen LogP contribution in [-0.4, -0.2) is 28.4 Å². The molecule has 1 amide bonds. The standard InChI is InChI=1S/C20H21F2NO3/c1-13-4-3-5-14(2)16(13)11-19(24)23(9-8-20(25)26)12-15-6-7-17(21)18(22)10-15/h3-7,10H,8-9,11-12H2,1-2H3,(H,25,26). The molecule has 0 aromatic heterocycles. The van der Waals surface area contributed by atoms with E-state index in [-0.39, 0.29) is 31.8 Å². The van der Waals surface area contributed by atoms with Crippen LogP contribution in [-0.2, 0) is 22.6 Å². The maximum Gasteiger partial charge on any atom is 0.305 e. The molecule has 0 aliphatic carbocycles.